The Morgan fingerprint density at radius 3 is 0.968 bits per heavy atom. The first-order chi connectivity index (χ1) is 15.1. The minimum absolute atomic E-state index is 0.0845. The molecule has 31 heavy (non-hydrogen) atoms. The average molecular weight is 401 g/mol. The van der Waals surface area contributed by atoms with Gasteiger partial charge in [0.05, 0.1) is 0 Å². The molecule has 6 rings (SSSR count). The largest absolute Gasteiger partial charge is 0.0619 e. The molecule has 4 aromatic rings. The fourth-order valence-corrected chi connectivity index (χ4v) is 6.42. The first-order valence-electron chi connectivity index (χ1n) is 11.5. The lowest BCUT2D eigenvalue weighted by molar-refractivity contribution is 0.436. The van der Waals surface area contributed by atoms with Gasteiger partial charge in [0, 0.05) is 10.8 Å². The van der Waals surface area contributed by atoms with E-state index in [4.69, 9.17) is 0 Å². The summed E-state index contributed by atoms with van der Waals surface area (Å²) in [5, 5.41) is 0. The Labute approximate surface area is 185 Å². The summed E-state index contributed by atoms with van der Waals surface area (Å²) in [4.78, 5) is 0. The van der Waals surface area contributed by atoms with Crippen LogP contribution in [0.2, 0.25) is 0 Å². The Bertz CT molecular complexity index is 1100. The van der Waals surface area contributed by atoms with Gasteiger partial charge in [-0.25, -0.2) is 0 Å². The number of hydrogen-bond donors (Lipinski definition) is 0. The number of hydrogen-bond acceptors (Lipinski definition) is 0. The summed E-state index contributed by atoms with van der Waals surface area (Å²) in [7, 11) is 0. The molecule has 0 amide bonds. The van der Waals surface area contributed by atoms with Crippen molar-refractivity contribution in [1.82, 2.24) is 0 Å². The molecule has 0 aromatic heterocycles. The highest BCUT2D eigenvalue weighted by molar-refractivity contribution is 5.81. The summed E-state index contributed by atoms with van der Waals surface area (Å²) < 4.78 is 0. The summed E-state index contributed by atoms with van der Waals surface area (Å²) >= 11 is 0. The second-order valence-electron chi connectivity index (χ2n) is 9.70. The Kier molecular flexibility index (Phi) is 4.02. The molecule has 0 atom stereocenters. The number of rotatable bonds is 4. The van der Waals surface area contributed by atoms with Crippen molar-refractivity contribution in [3.8, 4) is 22.3 Å². The molecule has 0 spiro atoms. The molecule has 0 bridgehead atoms. The first-order valence-corrected chi connectivity index (χ1v) is 11.5. The molecule has 4 aromatic carbocycles. The third-order valence-electron chi connectivity index (χ3n) is 8.02. The van der Waals surface area contributed by atoms with Gasteiger partial charge in [-0.05, 0) is 57.3 Å². The van der Waals surface area contributed by atoms with Gasteiger partial charge in [0.1, 0.15) is 0 Å². The highest BCUT2D eigenvalue weighted by Gasteiger charge is 2.41. The zero-order valence-corrected chi connectivity index (χ0v) is 18.4. The van der Waals surface area contributed by atoms with Gasteiger partial charge in [0.15, 0.2) is 0 Å². The molecule has 0 aliphatic heterocycles. The molecular weight excluding hydrogens is 372 g/mol. The lowest BCUT2D eigenvalue weighted by Gasteiger charge is -2.32. The van der Waals surface area contributed by atoms with E-state index < -0.39 is 0 Å². The molecular formula is C31H28. The maximum absolute atomic E-state index is 2.45. The zero-order chi connectivity index (χ0) is 21.1. The minimum Gasteiger partial charge on any atom is -0.0619 e. The first kappa shape index (κ1) is 18.6. The maximum atomic E-state index is 2.45. The predicted molar refractivity (Wildman–Crippen MR) is 131 cm³/mol. The summed E-state index contributed by atoms with van der Waals surface area (Å²) in [5.41, 5.74) is 11.8. The summed E-state index contributed by atoms with van der Waals surface area (Å²) in [6.07, 6.45) is 3.53. The molecule has 0 nitrogen and oxygen atoms in total. The van der Waals surface area contributed by atoms with Crippen LogP contribution in [0.15, 0.2) is 97.1 Å². The molecule has 152 valence electrons. The van der Waals surface area contributed by atoms with Crippen LogP contribution in [0.3, 0.4) is 0 Å². The molecule has 2 aliphatic rings. The van der Waals surface area contributed by atoms with Crippen molar-refractivity contribution < 1.29 is 0 Å². The highest BCUT2D eigenvalue weighted by Crippen LogP contribution is 2.54. The van der Waals surface area contributed by atoms with Crippen molar-refractivity contribution in [2.24, 2.45) is 0 Å². The van der Waals surface area contributed by atoms with E-state index in [9.17, 15) is 0 Å². The van der Waals surface area contributed by atoms with Crippen LogP contribution in [0.4, 0.5) is 0 Å². The van der Waals surface area contributed by atoms with Crippen LogP contribution in [-0.2, 0) is 10.8 Å². The summed E-state index contributed by atoms with van der Waals surface area (Å²) in [5.74, 6) is 0. The fraction of sp³-hybridized carbons (Fsp3) is 0.226. The van der Waals surface area contributed by atoms with Gasteiger partial charge in [-0.3, -0.25) is 0 Å². The zero-order valence-electron chi connectivity index (χ0n) is 18.4. The van der Waals surface area contributed by atoms with E-state index in [1.54, 1.807) is 0 Å². The molecule has 0 heteroatoms. The van der Waals surface area contributed by atoms with Gasteiger partial charge in [-0.15, -0.1) is 0 Å². The van der Waals surface area contributed by atoms with Crippen LogP contribution < -0.4 is 0 Å². The molecule has 0 unspecified atom stereocenters. The number of benzene rings is 4. The Morgan fingerprint density at radius 1 is 0.419 bits per heavy atom. The Balaban J connectivity index is 1.35. The highest BCUT2D eigenvalue weighted by atomic mass is 14.4. The van der Waals surface area contributed by atoms with Gasteiger partial charge in [-0.1, -0.05) is 117 Å². The maximum Gasteiger partial charge on any atom is 0.0187 e. The van der Waals surface area contributed by atoms with Gasteiger partial charge >= 0.3 is 0 Å². The molecule has 0 saturated heterocycles. The fourth-order valence-electron chi connectivity index (χ4n) is 6.42. The third-order valence-corrected chi connectivity index (χ3v) is 8.02. The van der Waals surface area contributed by atoms with Crippen LogP contribution in [0, 0.1) is 0 Å². The minimum atomic E-state index is 0.0845. The Morgan fingerprint density at radius 2 is 0.677 bits per heavy atom. The van der Waals surface area contributed by atoms with E-state index in [2.05, 4.69) is 111 Å². The molecule has 0 fully saturated rings. The van der Waals surface area contributed by atoms with Gasteiger partial charge in [-0.2, -0.15) is 0 Å². The Hall–Kier alpha value is -3.12. The van der Waals surface area contributed by atoms with Crippen LogP contribution >= 0.6 is 0 Å². The van der Waals surface area contributed by atoms with E-state index in [0.29, 0.717) is 0 Å². The van der Waals surface area contributed by atoms with E-state index in [1.807, 2.05) is 0 Å². The third kappa shape index (κ3) is 2.54. The van der Waals surface area contributed by atoms with Crippen molar-refractivity contribution in [3.63, 3.8) is 0 Å². The summed E-state index contributed by atoms with van der Waals surface area (Å²) in [6, 6.07) is 36.1. The van der Waals surface area contributed by atoms with Crippen molar-refractivity contribution >= 4 is 0 Å². The molecule has 0 heterocycles. The summed E-state index contributed by atoms with van der Waals surface area (Å²) in [6.45, 7) is 4.91. The van der Waals surface area contributed by atoms with E-state index in [-0.39, 0.29) is 10.8 Å². The van der Waals surface area contributed by atoms with E-state index >= 15 is 0 Å². The van der Waals surface area contributed by atoms with Gasteiger partial charge in [0.2, 0.25) is 0 Å². The van der Waals surface area contributed by atoms with Crippen LogP contribution in [0.25, 0.3) is 22.3 Å². The average Bonchev–Trinajstić information content (AvgIpc) is 3.23. The van der Waals surface area contributed by atoms with Crippen molar-refractivity contribution in [2.45, 2.75) is 43.9 Å². The monoisotopic (exact) mass is 400 g/mol. The van der Waals surface area contributed by atoms with Crippen molar-refractivity contribution in [2.75, 3.05) is 0 Å². The van der Waals surface area contributed by atoms with E-state index in [0.717, 1.165) is 0 Å². The molecule has 0 N–H and O–H groups in total. The molecule has 0 radical (unpaired) electrons. The standard InChI is InChI=1S/C31H28/c1-30(26-16-7-3-12-22(26)23-13-4-8-17-27(23)30)20-11-21-31(2)28-18-9-5-14-24(28)25-15-6-10-19-29(25)31/h3-10,12-19H,11,20-21H2,1-2H3. The van der Waals surface area contributed by atoms with Crippen LogP contribution in [0.1, 0.15) is 55.4 Å². The lowest BCUT2D eigenvalue weighted by atomic mass is 9.71. The lowest BCUT2D eigenvalue weighted by Crippen LogP contribution is -2.24. The SMILES string of the molecule is CC1(CCCC2(C)c3ccccc3-c3ccccc32)c2ccccc2-c2ccccc21. The second-order valence-corrected chi connectivity index (χ2v) is 9.70. The second kappa shape index (κ2) is 6.69. The predicted octanol–water partition coefficient (Wildman–Crippen LogP) is 8.13. The number of fused-ring (bicyclic) bond motifs is 6. The molecule has 0 saturated carbocycles. The molecule has 2 aliphatic carbocycles. The van der Waals surface area contributed by atoms with Crippen LogP contribution in [-0.4, -0.2) is 0 Å². The quantitative estimate of drug-likeness (QED) is 0.324. The van der Waals surface area contributed by atoms with Crippen LogP contribution in [0.5, 0.6) is 0 Å². The van der Waals surface area contributed by atoms with Gasteiger partial charge < -0.3 is 0 Å². The van der Waals surface area contributed by atoms with Crippen molar-refractivity contribution in [3.05, 3.63) is 119 Å². The normalized spacial score (nSPS) is 16.3. The van der Waals surface area contributed by atoms with E-state index in [1.165, 1.54) is 63.8 Å². The van der Waals surface area contributed by atoms with Crippen molar-refractivity contribution in [1.29, 1.82) is 0 Å². The van der Waals surface area contributed by atoms with Gasteiger partial charge in [0.25, 0.3) is 0 Å². The smallest absolute Gasteiger partial charge is 0.0187 e. The topological polar surface area (TPSA) is 0 Å².